The van der Waals surface area contributed by atoms with E-state index < -0.39 is 0 Å². The van der Waals surface area contributed by atoms with Crippen LogP contribution in [0.25, 0.3) is 0 Å². The summed E-state index contributed by atoms with van der Waals surface area (Å²) < 4.78 is 0. The number of carbonyl (C=O) groups is 1. The highest BCUT2D eigenvalue weighted by atomic mass is 16.2. The van der Waals surface area contributed by atoms with Crippen LogP contribution < -0.4 is 4.90 Å². The predicted molar refractivity (Wildman–Crippen MR) is 66.5 cm³/mol. The second-order valence-corrected chi connectivity index (χ2v) is 4.88. The van der Waals surface area contributed by atoms with Gasteiger partial charge >= 0.3 is 0 Å². The van der Waals surface area contributed by atoms with E-state index in [9.17, 15) is 4.79 Å². The van der Waals surface area contributed by atoms with E-state index >= 15 is 0 Å². The van der Waals surface area contributed by atoms with Gasteiger partial charge in [-0.1, -0.05) is 32.0 Å². The molecule has 0 aromatic heterocycles. The van der Waals surface area contributed by atoms with Crippen molar-refractivity contribution < 1.29 is 4.79 Å². The standard InChI is InChI=1S/C14H19NO/c1-10(2)14(16)15-11(3)8-9-12-6-4-5-7-13(12)15/h4-7,10-11H,8-9H2,1-3H3. The molecule has 2 rings (SSSR count). The van der Waals surface area contributed by atoms with Gasteiger partial charge in [0.2, 0.25) is 5.91 Å². The van der Waals surface area contributed by atoms with Gasteiger partial charge < -0.3 is 4.90 Å². The van der Waals surface area contributed by atoms with Crippen LogP contribution in [0.1, 0.15) is 32.8 Å². The summed E-state index contributed by atoms with van der Waals surface area (Å²) in [6, 6.07) is 8.57. The first-order chi connectivity index (χ1) is 7.61. The molecule has 0 bridgehead atoms. The minimum absolute atomic E-state index is 0.0635. The molecule has 1 aliphatic rings. The molecule has 0 spiro atoms. The zero-order valence-corrected chi connectivity index (χ0v) is 10.2. The molecule has 2 heteroatoms. The summed E-state index contributed by atoms with van der Waals surface area (Å²) in [5.74, 6) is 0.299. The smallest absolute Gasteiger partial charge is 0.229 e. The van der Waals surface area contributed by atoms with Gasteiger partial charge in [-0.15, -0.1) is 0 Å². The van der Waals surface area contributed by atoms with Crippen molar-refractivity contribution >= 4 is 11.6 Å². The van der Waals surface area contributed by atoms with Gasteiger partial charge in [0.15, 0.2) is 0 Å². The van der Waals surface area contributed by atoms with Crippen LogP contribution >= 0.6 is 0 Å². The molecule has 1 atom stereocenters. The van der Waals surface area contributed by atoms with Crippen LogP contribution in [0.15, 0.2) is 24.3 Å². The number of rotatable bonds is 1. The lowest BCUT2D eigenvalue weighted by atomic mass is 9.95. The molecule has 0 radical (unpaired) electrons. The zero-order chi connectivity index (χ0) is 11.7. The van der Waals surface area contributed by atoms with Gasteiger partial charge in [0.05, 0.1) is 0 Å². The van der Waals surface area contributed by atoms with Crippen molar-refractivity contribution in [2.24, 2.45) is 5.92 Å². The largest absolute Gasteiger partial charge is 0.309 e. The van der Waals surface area contributed by atoms with E-state index in [-0.39, 0.29) is 11.8 Å². The summed E-state index contributed by atoms with van der Waals surface area (Å²) in [6.07, 6.45) is 2.15. The lowest BCUT2D eigenvalue weighted by molar-refractivity contribution is -0.121. The summed E-state index contributed by atoms with van der Waals surface area (Å²) in [4.78, 5) is 14.2. The summed E-state index contributed by atoms with van der Waals surface area (Å²) in [5.41, 5.74) is 2.41. The van der Waals surface area contributed by atoms with Gasteiger partial charge in [0.25, 0.3) is 0 Å². The Morgan fingerprint density at radius 2 is 2.06 bits per heavy atom. The quantitative estimate of drug-likeness (QED) is 0.708. The molecule has 86 valence electrons. The third-order valence-electron chi connectivity index (χ3n) is 3.25. The van der Waals surface area contributed by atoms with Crippen LogP contribution in [-0.2, 0) is 11.2 Å². The maximum Gasteiger partial charge on any atom is 0.229 e. The Balaban J connectivity index is 2.40. The number of hydrogen-bond donors (Lipinski definition) is 0. The van der Waals surface area contributed by atoms with E-state index in [1.165, 1.54) is 5.56 Å². The van der Waals surface area contributed by atoms with E-state index in [2.05, 4.69) is 19.1 Å². The molecule has 1 unspecified atom stereocenters. The fourth-order valence-corrected chi connectivity index (χ4v) is 2.30. The SMILES string of the molecule is CC(C)C(=O)N1c2ccccc2CCC1C. The van der Waals surface area contributed by atoms with Crippen molar-refractivity contribution in [1.82, 2.24) is 0 Å². The molecule has 2 nitrogen and oxygen atoms in total. The van der Waals surface area contributed by atoms with Crippen molar-refractivity contribution in [3.05, 3.63) is 29.8 Å². The van der Waals surface area contributed by atoms with Gasteiger partial charge in [-0.05, 0) is 31.4 Å². The van der Waals surface area contributed by atoms with Crippen LogP contribution in [-0.4, -0.2) is 11.9 Å². The topological polar surface area (TPSA) is 20.3 Å². The molecule has 0 fully saturated rings. The molecule has 1 aliphatic heterocycles. The lowest BCUT2D eigenvalue weighted by Crippen LogP contribution is -2.44. The number of aryl methyl sites for hydroxylation is 1. The van der Waals surface area contributed by atoms with Crippen LogP contribution in [0.5, 0.6) is 0 Å². The van der Waals surface area contributed by atoms with Gasteiger partial charge in [-0.25, -0.2) is 0 Å². The number of fused-ring (bicyclic) bond motifs is 1. The number of carbonyl (C=O) groups excluding carboxylic acids is 1. The van der Waals surface area contributed by atoms with E-state index in [1.807, 2.05) is 30.9 Å². The summed E-state index contributed by atoms with van der Waals surface area (Å²) >= 11 is 0. The minimum Gasteiger partial charge on any atom is -0.309 e. The van der Waals surface area contributed by atoms with Crippen molar-refractivity contribution in [3.63, 3.8) is 0 Å². The molecule has 0 saturated carbocycles. The van der Waals surface area contributed by atoms with Gasteiger partial charge in [-0.3, -0.25) is 4.79 Å². The Morgan fingerprint density at radius 3 is 2.75 bits per heavy atom. The van der Waals surface area contributed by atoms with Crippen LogP contribution in [0.3, 0.4) is 0 Å². The van der Waals surface area contributed by atoms with E-state index in [0.717, 1.165) is 18.5 Å². The number of hydrogen-bond acceptors (Lipinski definition) is 1. The first-order valence-corrected chi connectivity index (χ1v) is 6.02. The van der Waals surface area contributed by atoms with Crippen LogP contribution in [0.2, 0.25) is 0 Å². The Morgan fingerprint density at radius 1 is 1.38 bits per heavy atom. The van der Waals surface area contributed by atoms with Crippen molar-refractivity contribution in [2.75, 3.05) is 4.90 Å². The Hall–Kier alpha value is -1.31. The zero-order valence-electron chi connectivity index (χ0n) is 10.2. The summed E-state index contributed by atoms with van der Waals surface area (Å²) in [5, 5.41) is 0. The maximum absolute atomic E-state index is 12.2. The average molecular weight is 217 g/mol. The highest BCUT2D eigenvalue weighted by Crippen LogP contribution is 2.31. The molecule has 1 amide bonds. The number of amides is 1. The van der Waals surface area contributed by atoms with E-state index in [0.29, 0.717) is 6.04 Å². The molecule has 0 aliphatic carbocycles. The predicted octanol–water partition coefficient (Wildman–Crippen LogP) is 3.01. The fourth-order valence-electron chi connectivity index (χ4n) is 2.30. The van der Waals surface area contributed by atoms with Gasteiger partial charge in [-0.2, -0.15) is 0 Å². The number of benzene rings is 1. The van der Waals surface area contributed by atoms with E-state index in [1.54, 1.807) is 0 Å². The highest BCUT2D eigenvalue weighted by Gasteiger charge is 2.28. The van der Waals surface area contributed by atoms with Crippen LogP contribution in [0, 0.1) is 5.92 Å². The molecule has 1 aromatic rings. The maximum atomic E-state index is 12.2. The first kappa shape index (κ1) is 11.2. The second kappa shape index (κ2) is 4.28. The molecule has 16 heavy (non-hydrogen) atoms. The molecular weight excluding hydrogens is 198 g/mol. The summed E-state index contributed by atoms with van der Waals surface area (Å²) in [7, 11) is 0. The molecule has 1 aromatic carbocycles. The summed E-state index contributed by atoms with van der Waals surface area (Å²) in [6.45, 7) is 6.06. The molecule has 1 heterocycles. The average Bonchev–Trinajstić information content (AvgIpc) is 2.28. The number of nitrogens with zero attached hydrogens (tertiary/aromatic N) is 1. The third-order valence-corrected chi connectivity index (χ3v) is 3.25. The third kappa shape index (κ3) is 1.84. The highest BCUT2D eigenvalue weighted by molar-refractivity contribution is 5.96. The molecule has 0 N–H and O–H groups in total. The van der Waals surface area contributed by atoms with Crippen molar-refractivity contribution in [2.45, 2.75) is 39.7 Å². The fraction of sp³-hybridized carbons (Fsp3) is 0.500. The van der Waals surface area contributed by atoms with Gasteiger partial charge in [0, 0.05) is 17.6 Å². The number of para-hydroxylation sites is 1. The molecular formula is C14H19NO. The van der Waals surface area contributed by atoms with Crippen molar-refractivity contribution in [3.8, 4) is 0 Å². The van der Waals surface area contributed by atoms with Gasteiger partial charge in [0.1, 0.15) is 0 Å². The minimum atomic E-state index is 0.0635. The Labute approximate surface area is 97.3 Å². The van der Waals surface area contributed by atoms with Crippen molar-refractivity contribution in [1.29, 1.82) is 0 Å². The normalized spacial score (nSPS) is 19.8. The lowest BCUT2D eigenvalue weighted by Gasteiger charge is -2.36. The Kier molecular flexibility index (Phi) is 2.99. The monoisotopic (exact) mass is 217 g/mol. The number of anilines is 1. The van der Waals surface area contributed by atoms with E-state index in [4.69, 9.17) is 0 Å². The first-order valence-electron chi connectivity index (χ1n) is 6.02. The van der Waals surface area contributed by atoms with Crippen LogP contribution in [0.4, 0.5) is 5.69 Å². The second-order valence-electron chi connectivity index (χ2n) is 4.88. The molecule has 0 saturated heterocycles. The Bertz CT molecular complexity index is 397.